The molecule has 0 bridgehead atoms. The van der Waals surface area contributed by atoms with Crippen LogP contribution in [0.5, 0.6) is 0 Å². The smallest absolute Gasteiger partial charge is 0.337 e. The molecule has 0 spiro atoms. The highest BCUT2D eigenvalue weighted by atomic mass is 19.1. The summed E-state index contributed by atoms with van der Waals surface area (Å²) in [5.41, 5.74) is 3.52. The Labute approximate surface area is 177 Å². The Morgan fingerprint density at radius 2 is 1.87 bits per heavy atom. The van der Waals surface area contributed by atoms with Gasteiger partial charge in [-0.2, -0.15) is 5.10 Å². The molecule has 2 N–H and O–H groups in total. The molecule has 0 radical (unpaired) electrons. The maximum Gasteiger partial charge on any atom is 0.337 e. The number of halogens is 1. The van der Waals surface area contributed by atoms with Crippen LogP contribution in [-0.2, 0) is 0 Å². The number of carbonyl (C=O) groups is 1. The topological polar surface area (TPSA) is 92.4 Å². The Balaban J connectivity index is 1.66. The van der Waals surface area contributed by atoms with Crippen molar-refractivity contribution < 1.29 is 14.3 Å². The van der Waals surface area contributed by atoms with Crippen LogP contribution in [0.2, 0.25) is 0 Å². The van der Waals surface area contributed by atoms with Crippen LogP contribution in [0.15, 0.2) is 54.9 Å². The zero-order chi connectivity index (χ0) is 21.4. The molecule has 0 saturated heterocycles. The van der Waals surface area contributed by atoms with Crippen LogP contribution in [0.1, 0.15) is 36.0 Å². The summed E-state index contributed by atoms with van der Waals surface area (Å²) in [6.07, 6.45) is 7.76. The third kappa shape index (κ3) is 3.72. The number of hydrogen-bond donors (Lipinski definition) is 2. The van der Waals surface area contributed by atoms with Crippen LogP contribution in [0, 0.1) is 5.82 Å². The molecule has 0 atom stereocenters. The molecule has 8 heteroatoms. The molecular weight excluding hydrogens is 397 g/mol. The van der Waals surface area contributed by atoms with E-state index in [1.807, 2.05) is 0 Å². The molecule has 1 aliphatic rings. The molecule has 156 valence electrons. The number of nitrogens with zero attached hydrogens (tertiary/aromatic N) is 4. The van der Waals surface area contributed by atoms with E-state index in [0.29, 0.717) is 34.5 Å². The summed E-state index contributed by atoms with van der Waals surface area (Å²) < 4.78 is 15.0. The van der Waals surface area contributed by atoms with Crippen LogP contribution in [0.3, 0.4) is 0 Å². The van der Waals surface area contributed by atoms with Crippen LogP contribution in [0.4, 0.5) is 10.3 Å². The summed E-state index contributed by atoms with van der Waals surface area (Å²) in [4.78, 5) is 20.5. The van der Waals surface area contributed by atoms with Gasteiger partial charge < -0.3 is 10.4 Å². The molecule has 3 heterocycles. The van der Waals surface area contributed by atoms with E-state index in [-0.39, 0.29) is 11.4 Å². The van der Waals surface area contributed by atoms with Gasteiger partial charge in [-0.3, -0.25) is 0 Å². The lowest BCUT2D eigenvalue weighted by Crippen LogP contribution is -2.16. The molecule has 4 aromatic rings. The molecule has 7 nitrogen and oxygen atoms in total. The fourth-order valence-electron chi connectivity index (χ4n) is 4.06. The Morgan fingerprint density at radius 1 is 1.10 bits per heavy atom. The van der Waals surface area contributed by atoms with E-state index >= 15 is 0 Å². The molecule has 1 aromatic carbocycles. The van der Waals surface area contributed by atoms with E-state index in [4.69, 9.17) is 4.98 Å². The van der Waals surface area contributed by atoms with Gasteiger partial charge in [0.1, 0.15) is 11.5 Å². The van der Waals surface area contributed by atoms with Gasteiger partial charge in [-0.25, -0.2) is 23.7 Å². The number of nitrogens with one attached hydrogen (secondary N) is 1. The average molecular weight is 417 g/mol. The van der Waals surface area contributed by atoms with Crippen molar-refractivity contribution in [1.29, 1.82) is 0 Å². The predicted molar refractivity (Wildman–Crippen MR) is 114 cm³/mol. The zero-order valence-corrected chi connectivity index (χ0v) is 16.6. The molecule has 31 heavy (non-hydrogen) atoms. The van der Waals surface area contributed by atoms with Crippen molar-refractivity contribution in [2.75, 3.05) is 5.32 Å². The van der Waals surface area contributed by atoms with E-state index in [1.165, 1.54) is 41.8 Å². The first-order chi connectivity index (χ1) is 15.1. The molecule has 1 fully saturated rings. The Kier molecular flexibility index (Phi) is 4.82. The number of anilines is 1. The number of hydrogen-bond acceptors (Lipinski definition) is 5. The summed E-state index contributed by atoms with van der Waals surface area (Å²) in [6, 6.07) is 11.5. The minimum atomic E-state index is -1.03. The second-order valence-electron chi connectivity index (χ2n) is 7.67. The van der Waals surface area contributed by atoms with E-state index in [0.717, 1.165) is 18.4 Å². The molecule has 0 aliphatic heterocycles. The van der Waals surface area contributed by atoms with Crippen LogP contribution in [-0.4, -0.2) is 36.7 Å². The van der Waals surface area contributed by atoms with Gasteiger partial charge in [0.25, 0.3) is 0 Å². The molecule has 0 amide bonds. The molecular formula is C23H20FN5O2. The summed E-state index contributed by atoms with van der Waals surface area (Å²) in [7, 11) is 0. The van der Waals surface area contributed by atoms with Crippen molar-refractivity contribution in [3.63, 3.8) is 0 Å². The van der Waals surface area contributed by atoms with Crippen molar-refractivity contribution >= 4 is 17.4 Å². The van der Waals surface area contributed by atoms with Crippen molar-refractivity contribution in [3.05, 3.63) is 66.2 Å². The predicted octanol–water partition coefficient (Wildman–Crippen LogP) is 4.65. The Morgan fingerprint density at radius 3 is 2.61 bits per heavy atom. The first-order valence-electron chi connectivity index (χ1n) is 10.2. The van der Waals surface area contributed by atoms with Crippen molar-refractivity contribution in [1.82, 2.24) is 19.6 Å². The second kappa shape index (κ2) is 7.79. The third-order valence-electron chi connectivity index (χ3n) is 5.59. The summed E-state index contributed by atoms with van der Waals surface area (Å²) in [5.74, 6) is -0.823. The maximum atomic E-state index is 13.5. The largest absolute Gasteiger partial charge is 0.478 e. The van der Waals surface area contributed by atoms with E-state index in [2.05, 4.69) is 15.4 Å². The van der Waals surface area contributed by atoms with Crippen LogP contribution < -0.4 is 5.32 Å². The van der Waals surface area contributed by atoms with Gasteiger partial charge in [-0.05, 0) is 55.3 Å². The first-order valence-corrected chi connectivity index (χ1v) is 10.2. The molecule has 1 saturated carbocycles. The van der Waals surface area contributed by atoms with Gasteiger partial charge >= 0.3 is 5.97 Å². The second-order valence-corrected chi connectivity index (χ2v) is 7.67. The number of aromatic carboxylic acids is 1. The number of fused-ring (bicyclic) bond motifs is 1. The number of carboxylic acid groups (broad SMARTS) is 1. The van der Waals surface area contributed by atoms with Gasteiger partial charge in [-0.1, -0.05) is 12.8 Å². The van der Waals surface area contributed by atoms with E-state index in [9.17, 15) is 14.3 Å². The number of benzene rings is 1. The van der Waals surface area contributed by atoms with Crippen LogP contribution in [0.25, 0.3) is 28.0 Å². The lowest BCUT2D eigenvalue weighted by molar-refractivity contribution is 0.0696. The Hall–Kier alpha value is -3.81. The number of carboxylic acids is 1. The summed E-state index contributed by atoms with van der Waals surface area (Å²) >= 11 is 0. The van der Waals surface area contributed by atoms with E-state index < -0.39 is 5.97 Å². The SMILES string of the molecule is O=C(O)c1ccc2c(-c3ccnc(NC4CCCC4)n3)c(-c3ccc(F)cc3)nn2c1. The number of pyridine rings is 1. The normalized spacial score (nSPS) is 14.2. The van der Waals surface area contributed by atoms with E-state index in [1.54, 1.807) is 30.5 Å². The van der Waals surface area contributed by atoms with Crippen molar-refractivity contribution in [2.24, 2.45) is 0 Å². The zero-order valence-electron chi connectivity index (χ0n) is 16.6. The molecule has 0 unspecified atom stereocenters. The summed E-state index contributed by atoms with van der Waals surface area (Å²) in [6.45, 7) is 0. The monoisotopic (exact) mass is 417 g/mol. The minimum absolute atomic E-state index is 0.124. The standard InChI is InChI=1S/C23H20FN5O2/c24-16-8-5-14(6-9-16)21-20(19-10-7-15(22(30)31)13-29(19)28-21)18-11-12-25-23(27-18)26-17-3-1-2-4-17/h5-13,17H,1-4H2,(H,30,31)(H,25,26,27). The first kappa shape index (κ1) is 19.2. The van der Waals surface area contributed by atoms with Crippen molar-refractivity contribution in [2.45, 2.75) is 31.7 Å². The molecule has 3 aromatic heterocycles. The van der Waals surface area contributed by atoms with Gasteiger partial charge in [0.05, 0.1) is 22.3 Å². The van der Waals surface area contributed by atoms with Gasteiger partial charge in [0.2, 0.25) is 5.95 Å². The average Bonchev–Trinajstić information content (AvgIpc) is 3.41. The number of aromatic nitrogens is 4. The fourth-order valence-corrected chi connectivity index (χ4v) is 4.06. The van der Waals surface area contributed by atoms with Gasteiger partial charge in [-0.15, -0.1) is 0 Å². The minimum Gasteiger partial charge on any atom is -0.478 e. The van der Waals surface area contributed by atoms with Crippen LogP contribution >= 0.6 is 0 Å². The fraction of sp³-hybridized carbons (Fsp3) is 0.217. The molecule has 1 aliphatic carbocycles. The quantitative estimate of drug-likeness (QED) is 0.491. The highest BCUT2D eigenvalue weighted by Crippen LogP contribution is 2.35. The highest BCUT2D eigenvalue weighted by Gasteiger charge is 2.20. The summed E-state index contributed by atoms with van der Waals surface area (Å²) in [5, 5.41) is 17.4. The third-order valence-corrected chi connectivity index (χ3v) is 5.59. The maximum absolute atomic E-state index is 13.5. The Bertz CT molecular complexity index is 1260. The molecule has 5 rings (SSSR count). The lowest BCUT2D eigenvalue weighted by atomic mass is 10.0. The lowest BCUT2D eigenvalue weighted by Gasteiger charge is -2.12. The van der Waals surface area contributed by atoms with Crippen molar-refractivity contribution in [3.8, 4) is 22.5 Å². The van der Waals surface area contributed by atoms with Gasteiger partial charge in [0, 0.05) is 24.0 Å². The number of rotatable bonds is 5. The van der Waals surface area contributed by atoms with Gasteiger partial charge in [0.15, 0.2) is 0 Å². The highest BCUT2D eigenvalue weighted by molar-refractivity contribution is 5.93.